The molecule has 0 radical (unpaired) electrons. The number of unbranched alkanes of at least 4 members (excludes halogenated alkanes) is 6. The number of ether oxygens (including phenoxy) is 1. The van der Waals surface area contributed by atoms with Gasteiger partial charge in [-0.2, -0.15) is 0 Å². The predicted octanol–water partition coefficient (Wildman–Crippen LogP) is 4.53. The predicted molar refractivity (Wildman–Crippen MR) is 77.7 cm³/mol. The van der Waals surface area contributed by atoms with Crippen molar-refractivity contribution in [3.05, 3.63) is 29.5 Å². The van der Waals surface area contributed by atoms with Crippen LogP contribution in [0.15, 0.2) is 29.5 Å². The van der Waals surface area contributed by atoms with E-state index < -0.39 is 0 Å². The van der Waals surface area contributed by atoms with Crippen molar-refractivity contribution in [1.82, 2.24) is 9.97 Å². The van der Waals surface area contributed by atoms with E-state index in [9.17, 15) is 0 Å². The van der Waals surface area contributed by atoms with Crippen molar-refractivity contribution in [3.63, 3.8) is 0 Å². The fourth-order valence-electron chi connectivity index (χ4n) is 1.64. The highest BCUT2D eigenvalue weighted by Crippen LogP contribution is 2.10. The largest absolute Gasteiger partial charge is 0.463 e. The summed E-state index contributed by atoms with van der Waals surface area (Å²) >= 11 is 3.29. The standard InChI is InChI=1S/C14H21BrN2O/c1-2-3-4-5-6-7-8-9-10-18-14-16-11-13(15)12-17-14/h2,11-12H,1,3-10H2. The molecule has 0 aliphatic heterocycles. The highest BCUT2D eigenvalue weighted by molar-refractivity contribution is 9.10. The maximum atomic E-state index is 5.45. The van der Waals surface area contributed by atoms with Crippen LogP contribution in [0.5, 0.6) is 6.01 Å². The number of hydrogen-bond acceptors (Lipinski definition) is 3. The Morgan fingerprint density at radius 2 is 1.67 bits per heavy atom. The first kappa shape index (κ1) is 15.2. The van der Waals surface area contributed by atoms with Crippen LogP contribution in [0.3, 0.4) is 0 Å². The summed E-state index contributed by atoms with van der Waals surface area (Å²) in [5.74, 6) is 0. The Balaban J connectivity index is 1.92. The molecule has 0 aliphatic carbocycles. The van der Waals surface area contributed by atoms with Crippen molar-refractivity contribution in [1.29, 1.82) is 0 Å². The molecule has 0 unspecified atom stereocenters. The number of aromatic nitrogens is 2. The molecular weight excluding hydrogens is 292 g/mol. The van der Waals surface area contributed by atoms with E-state index in [0.29, 0.717) is 12.6 Å². The molecule has 0 N–H and O–H groups in total. The molecule has 1 heterocycles. The molecule has 4 heteroatoms. The second kappa shape index (κ2) is 10.1. The first-order valence-electron chi connectivity index (χ1n) is 6.54. The molecule has 100 valence electrons. The second-order valence-corrected chi connectivity index (χ2v) is 5.15. The lowest BCUT2D eigenvalue weighted by atomic mass is 10.1. The van der Waals surface area contributed by atoms with Crippen LogP contribution in [0.25, 0.3) is 0 Å². The summed E-state index contributed by atoms with van der Waals surface area (Å²) in [5, 5.41) is 0. The van der Waals surface area contributed by atoms with Crippen LogP contribution in [0, 0.1) is 0 Å². The summed E-state index contributed by atoms with van der Waals surface area (Å²) in [6.45, 7) is 4.42. The topological polar surface area (TPSA) is 35.0 Å². The smallest absolute Gasteiger partial charge is 0.316 e. The zero-order valence-electron chi connectivity index (χ0n) is 10.8. The van der Waals surface area contributed by atoms with E-state index in [0.717, 1.165) is 17.3 Å². The monoisotopic (exact) mass is 312 g/mol. The molecule has 1 aromatic heterocycles. The third-order valence-corrected chi connectivity index (χ3v) is 3.04. The molecule has 0 atom stereocenters. The van der Waals surface area contributed by atoms with E-state index in [2.05, 4.69) is 32.5 Å². The number of hydrogen-bond donors (Lipinski definition) is 0. The van der Waals surface area contributed by atoms with Gasteiger partial charge in [0.05, 0.1) is 11.1 Å². The lowest BCUT2D eigenvalue weighted by molar-refractivity contribution is 0.281. The number of allylic oxidation sites excluding steroid dienone is 1. The van der Waals surface area contributed by atoms with Gasteiger partial charge in [0, 0.05) is 12.4 Å². The first-order chi connectivity index (χ1) is 8.83. The summed E-state index contributed by atoms with van der Waals surface area (Å²) in [4.78, 5) is 8.11. The SMILES string of the molecule is C=CCCCCCCCCOc1ncc(Br)cn1. The normalized spacial score (nSPS) is 10.3. The van der Waals surface area contributed by atoms with Gasteiger partial charge in [-0.25, -0.2) is 9.97 Å². The quantitative estimate of drug-likeness (QED) is 0.470. The summed E-state index contributed by atoms with van der Waals surface area (Å²) < 4.78 is 6.32. The molecule has 18 heavy (non-hydrogen) atoms. The zero-order valence-corrected chi connectivity index (χ0v) is 12.4. The average Bonchev–Trinajstić information content (AvgIpc) is 2.39. The minimum Gasteiger partial charge on any atom is -0.463 e. The molecule has 0 saturated heterocycles. The lowest BCUT2D eigenvalue weighted by Gasteiger charge is -2.04. The van der Waals surface area contributed by atoms with Gasteiger partial charge in [0.25, 0.3) is 0 Å². The van der Waals surface area contributed by atoms with Crippen LogP contribution < -0.4 is 4.74 Å². The van der Waals surface area contributed by atoms with Gasteiger partial charge in [0.2, 0.25) is 0 Å². The van der Waals surface area contributed by atoms with Gasteiger partial charge in [-0.1, -0.05) is 31.8 Å². The zero-order chi connectivity index (χ0) is 13.1. The molecule has 0 aromatic carbocycles. The molecule has 0 fully saturated rings. The summed E-state index contributed by atoms with van der Waals surface area (Å²) in [5.41, 5.74) is 0. The minimum absolute atomic E-state index is 0.462. The van der Waals surface area contributed by atoms with Gasteiger partial charge < -0.3 is 4.74 Å². The molecular formula is C14H21BrN2O. The third kappa shape index (κ3) is 7.43. The van der Waals surface area contributed by atoms with Crippen LogP contribution in [0.4, 0.5) is 0 Å². The highest BCUT2D eigenvalue weighted by Gasteiger charge is 1.97. The Bertz CT molecular complexity index is 327. The number of rotatable bonds is 10. The summed E-state index contributed by atoms with van der Waals surface area (Å²) in [6.07, 6.45) is 14.0. The van der Waals surface area contributed by atoms with Crippen LogP contribution in [0.1, 0.15) is 44.9 Å². The Labute approximate surface area is 118 Å². The molecule has 0 amide bonds. The summed E-state index contributed by atoms with van der Waals surface area (Å²) in [7, 11) is 0. The molecule has 1 aromatic rings. The maximum Gasteiger partial charge on any atom is 0.316 e. The van der Waals surface area contributed by atoms with Crippen LogP contribution in [-0.2, 0) is 0 Å². The van der Waals surface area contributed by atoms with Gasteiger partial charge in [-0.05, 0) is 35.2 Å². The average molecular weight is 313 g/mol. The van der Waals surface area contributed by atoms with Crippen LogP contribution in [0.2, 0.25) is 0 Å². The number of halogens is 1. The molecule has 1 rings (SSSR count). The lowest BCUT2D eigenvalue weighted by Crippen LogP contribution is -2.00. The van der Waals surface area contributed by atoms with E-state index >= 15 is 0 Å². The van der Waals surface area contributed by atoms with Gasteiger partial charge in [0.15, 0.2) is 0 Å². The Hall–Kier alpha value is -0.900. The Kier molecular flexibility index (Phi) is 8.47. The van der Waals surface area contributed by atoms with E-state index in [-0.39, 0.29) is 0 Å². The maximum absolute atomic E-state index is 5.45. The fourth-order valence-corrected chi connectivity index (χ4v) is 1.84. The third-order valence-electron chi connectivity index (χ3n) is 2.63. The van der Waals surface area contributed by atoms with Crippen molar-refractivity contribution in [2.75, 3.05) is 6.61 Å². The van der Waals surface area contributed by atoms with E-state index in [1.165, 1.54) is 32.1 Å². The molecule has 0 aliphatic rings. The van der Waals surface area contributed by atoms with Gasteiger partial charge >= 0.3 is 6.01 Å². The van der Waals surface area contributed by atoms with Crippen molar-refractivity contribution in [2.24, 2.45) is 0 Å². The second-order valence-electron chi connectivity index (χ2n) is 4.23. The van der Waals surface area contributed by atoms with E-state index in [1.54, 1.807) is 12.4 Å². The Morgan fingerprint density at radius 3 is 2.33 bits per heavy atom. The molecule has 0 saturated carbocycles. The Morgan fingerprint density at radius 1 is 1.06 bits per heavy atom. The fraction of sp³-hybridized carbons (Fsp3) is 0.571. The van der Waals surface area contributed by atoms with Gasteiger partial charge in [-0.15, -0.1) is 6.58 Å². The van der Waals surface area contributed by atoms with Crippen LogP contribution in [-0.4, -0.2) is 16.6 Å². The molecule has 0 spiro atoms. The van der Waals surface area contributed by atoms with E-state index in [4.69, 9.17) is 4.74 Å². The van der Waals surface area contributed by atoms with Crippen molar-refractivity contribution in [2.45, 2.75) is 44.9 Å². The van der Waals surface area contributed by atoms with Crippen molar-refractivity contribution in [3.8, 4) is 6.01 Å². The molecule has 3 nitrogen and oxygen atoms in total. The van der Waals surface area contributed by atoms with Crippen LogP contribution >= 0.6 is 15.9 Å². The van der Waals surface area contributed by atoms with Crippen molar-refractivity contribution >= 4 is 15.9 Å². The first-order valence-corrected chi connectivity index (χ1v) is 7.33. The molecule has 0 bridgehead atoms. The van der Waals surface area contributed by atoms with Crippen molar-refractivity contribution < 1.29 is 4.74 Å². The minimum atomic E-state index is 0.462. The van der Waals surface area contributed by atoms with E-state index in [1.807, 2.05) is 6.08 Å². The summed E-state index contributed by atoms with van der Waals surface area (Å²) in [6, 6.07) is 0.462. The van der Waals surface area contributed by atoms with Gasteiger partial charge in [-0.3, -0.25) is 0 Å². The number of nitrogens with zero attached hydrogens (tertiary/aromatic N) is 2. The highest BCUT2D eigenvalue weighted by atomic mass is 79.9. The van der Waals surface area contributed by atoms with Gasteiger partial charge in [0.1, 0.15) is 0 Å².